The van der Waals surface area contributed by atoms with Gasteiger partial charge in [-0.2, -0.15) is 0 Å². The monoisotopic (exact) mass is 144 g/mol. The molecule has 0 fully saturated rings. The van der Waals surface area contributed by atoms with E-state index in [4.69, 9.17) is 10.2 Å². The molecule has 0 bridgehead atoms. The first kappa shape index (κ1) is 9.66. The zero-order valence-corrected chi connectivity index (χ0v) is 6.67. The molecule has 2 N–H and O–H groups in total. The van der Waals surface area contributed by atoms with Crippen molar-refractivity contribution in [2.45, 2.75) is 32.8 Å². The van der Waals surface area contributed by atoms with Gasteiger partial charge in [0.2, 0.25) is 0 Å². The minimum absolute atomic E-state index is 0.160. The predicted octanol–water partition coefficient (Wildman–Crippen LogP) is 1.09. The van der Waals surface area contributed by atoms with Crippen molar-refractivity contribution < 1.29 is 10.2 Å². The Balaban J connectivity index is 3.43. The second-order valence-electron chi connectivity index (χ2n) is 2.68. The van der Waals surface area contributed by atoms with E-state index in [1.807, 2.05) is 13.8 Å². The van der Waals surface area contributed by atoms with Crippen molar-refractivity contribution in [3.05, 3.63) is 11.6 Å². The lowest BCUT2D eigenvalue weighted by molar-refractivity contribution is 0.189. The van der Waals surface area contributed by atoms with Gasteiger partial charge in [-0.1, -0.05) is 11.6 Å². The Morgan fingerprint density at radius 1 is 1.50 bits per heavy atom. The van der Waals surface area contributed by atoms with Crippen molar-refractivity contribution in [3.63, 3.8) is 0 Å². The largest absolute Gasteiger partial charge is 0.396 e. The van der Waals surface area contributed by atoms with E-state index in [0.717, 1.165) is 5.57 Å². The number of aliphatic hydroxyl groups is 2. The number of hydrogen-bond acceptors (Lipinski definition) is 2. The van der Waals surface area contributed by atoms with Crippen molar-refractivity contribution in [2.24, 2.45) is 0 Å². The molecule has 0 aliphatic carbocycles. The van der Waals surface area contributed by atoms with Crippen LogP contribution in [-0.4, -0.2) is 22.9 Å². The third-order valence-electron chi connectivity index (χ3n) is 1.18. The summed E-state index contributed by atoms with van der Waals surface area (Å²) < 4.78 is 0. The van der Waals surface area contributed by atoms with Gasteiger partial charge < -0.3 is 10.2 Å². The molecule has 0 saturated carbocycles. The molecular weight excluding hydrogens is 128 g/mol. The molecule has 0 amide bonds. The molecular formula is C8H16O2. The van der Waals surface area contributed by atoms with E-state index in [-0.39, 0.29) is 12.7 Å². The van der Waals surface area contributed by atoms with Crippen LogP contribution < -0.4 is 0 Å². The van der Waals surface area contributed by atoms with Crippen LogP contribution in [-0.2, 0) is 0 Å². The van der Waals surface area contributed by atoms with Crippen LogP contribution in [0.2, 0.25) is 0 Å². The third-order valence-corrected chi connectivity index (χ3v) is 1.18. The lowest BCUT2D eigenvalue weighted by atomic mass is 10.1. The topological polar surface area (TPSA) is 40.5 Å². The standard InChI is InChI=1S/C8H16O2/c1-7(2)6-8(10)4-3-5-9/h6,8-10H,3-5H2,1-2H3. The maximum absolute atomic E-state index is 9.16. The zero-order valence-electron chi connectivity index (χ0n) is 6.67. The first-order valence-corrected chi connectivity index (χ1v) is 3.60. The molecule has 0 aromatic heterocycles. The van der Waals surface area contributed by atoms with Crippen LogP contribution in [0.1, 0.15) is 26.7 Å². The summed E-state index contributed by atoms with van der Waals surface area (Å²) in [6, 6.07) is 0. The van der Waals surface area contributed by atoms with Gasteiger partial charge >= 0.3 is 0 Å². The Morgan fingerprint density at radius 2 is 2.10 bits per heavy atom. The predicted molar refractivity (Wildman–Crippen MR) is 41.8 cm³/mol. The lowest BCUT2D eigenvalue weighted by Gasteiger charge is -2.03. The summed E-state index contributed by atoms with van der Waals surface area (Å²) >= 11 is 0. The zero-order chi connectivity index (χ0) is 7.98. The van der Waals surface area contributed by atoms with Crippen LogP contribution in [0.3, 0.4) is 0 Å². The van der Waals surface area contributed by atoms with Crippen molar-refractivity contribution in [3.8, 4) is 0 Å². The average Bonchev–Trinajstić information content (AvgIpc) is 1.82. The first-order valence-electron chi connectivity index (χ1n) is 3.60. The van der Waals surface area contributed by atoms with Crippen LogP contribution >= 0.6 is 0 Å². The van der Waals surface area contributed by atoms with E-state index in [1.54, 1.807) is 6.08 Å². The summed E-state index contributed by atoms with van der Waals surface area (Å²) in [4.78, 5) is 0. The summed E-state index contributed by atoms with van der Waals surface area (Å²) in [5.74, 6) is 0. The molecule has 2 heteroatoms. The van der Waals surface area contributed by atoms with Gasteiger partial charge in [0.1, 0.15) is 0 Å². The van der Waals surface area contributed by atoms with E-state index in [1.165, 1.54) is 0 Å². The van der Waals surface area contributed by atoms with Crippen molar-refractivity contribution >= 4 is 0 Å². The molecule has 60 valence electrons. The molecule has 0 aliphatic rings. The molecule has 0 spiro atoms. The highest BCUT2D eigenvalue weighted by Crippen LogP contribution is 2.00. The summed E-state index contributed by atoms with van der Waals surface area (Å²) in [6.45, 7) is 4.05. The molecule has 0 saturated heterocycles. The second kappa shape index (κ2) is 5.45. The summed E-state index contributed by atoms with van der Waals surface area (Å²) in [5, 5.41) is 17.6. The van der Waals surface area contributed by atoms with Crippen LogP contribution in [0.4, 0.5) is 0 Å². The maximum atomic E-state index is 9.16. The Hall–Kier alpha value is -0.340. The number of allylic oxidation sites excluding steroid dienone is 1. The Morgan fingerprint density at radius 3 is 2.50 bits per heavy atom. The number of hydrogen-bond donors (Lipinski definition) is 2. The van der Waals surface area contributed by atoms with E-state index in [0.29, 0.717) is 12.8 Å². The van der Waals surface area contributed by atoms with Crippen LogP contribution in [0.15, 0.2) is 11.6 Å². The summed E-state index contributed by atoms with van der Waals surface area (Å²) in [7, 11) is 0. The van der Waals surface area contributed by atoms with E-state index in [9.17, 15) is 0 Å². The van der Waals surface area contributed by atoms with Crippen molar-refractivity contribution in [1.29, 1.82) is 0 Å². The van der Waals surface area contributed by atoms with Gasteiger partial charge in [0, 0.05) is 6.61 Å². The smallest absolute Gasteiger partial charge is 0.0724 e. The molecule has 0 aromatic carbocycles. The molecule has 0 heterocycles. The van der Waals surface area contributed by atoms with Crippen molar-refractivity contribution in [1.82, 2.24) is 0 Å². The molecule has 0 radical (unpaired) electrons. The summed E-state index contributed by atoms with van der Waals surface area (Å²) in [6.07, 6.45) is 2.75. The minimum Gasteiger partial charge on any atom is -0.396 e. The Bertz CT molecular complexity index is 104. The second-order valence-corrected chi connectivity index (χ2v) is 2.68. The molecule has 0 aliphatic heterocycles. The fraction of sp³-hybridized carbons (Fsp3) is 0.750. The van der Waals surface area contributed by atoms with Gasteiger partial charge in [-0.05, 0) is 26.7 Å². The van der Waals surface area contributed by atoms with Gasteiger partial charge in [0.05, 0.1) is 6.10 Å². The van der Waals surface area contributed by atoms with Gasteiger partial charge in [0.15, 0.2) is 0 Å². The van der Waals surface area contributed by atoms with Crippen molar-refractivity contribution in [2.75, 3.05) is 6.61 Å². The molecule has 1 atom stereocenters. The summed E-state index contributed by atoms with van der Waals surface area (Å²) in [5.41, 5.74) is 1.12. The van der Waals surface area contributed by atoms with Gasteiger partial charge in [-0.3, -0.25) is 0 Å². The van der Waals surface area contributed by atoms with E-state index in [2.05, 4.69) is 0 Å². The highest BCUT2D eigenvalue weighted by atomic mass is 16.3. The lowest BCUT2D eigenvalue weighted by Crippen LogP contribution is -2.03. The Kier molecular flexibility index (Phi) is 5.26. The normalized spacial score (nSPS) is 12.8. The van der Waals surface area contributed by atoms with Crippen LogP contribution in [0.5, 0.6) is 0 Å². The van der Waals surface area contributed by atoms with Crippen LogP contribution in [0.25, 0.3) is 0 Å². The van der Waals surface area contributed by atoms with E-state index >= 15 is 0 Å². The fourth-order valence-electron chi connectivity index (χ4n) is 0.769. The van der Waals surface area contributed by atoms with Crippen LogP contribution in [0, 0.1) is 0 Å². The SMILES string of the molecule is CC(C)=CC(O)CCCO. The highest BCUT2D eigenvalue weighted by molar-refractivity contribution is 4.97. The fourth-order valence-corrected chi connectivity index (χ4v) is 0.769. The molecule has 2 nitrogen and oxygen atoms in total. The molecule has 0 rings (SSSR count). The average molecular weight is 144 g/mol. The minimum atomic E-state index is -0.378. The Labute approximate surface area is 62.2 Å². The highest BCUT2D eigenvalue weighted by Gasteiger charge is 1.97. The third kappa shape index (κ3) is 5.79. The molecule has 1 unspecified atom stereocenters. The number of aliphatic hydroxyl groups excluding tert-OH is 2. The quantitative estimate of drug-likeness (QED) is 0.580. The number of rotatable bonds is 4. The van der Waals surface area contributed by atoms with E-state index < -0.39 is 0 Å². The molecule has 0 aromatic rings. The first-order chi connectivity index (χ1) is 4.66. The maximum Gasteiger partial charge on any atom is 0.0724 e. The van der Waals surface area contributed by atoms with Gasteiger partial charge in [0.25, 0.3) is 0 Å². The van der Waals surface area contributed by atoms with Gasteiger partial charge in [-0.25, -0.2) is 0 Å². The molecule has 10 heavy (non-hydrogen) atoms. The van der Waals surface area contributed by atoms with Gasteiger partial charge in [-0.15, -0.1) is 0 Å².